The molecular weight excluding hydrogens is 468 g/mol. The normalized spacial score (nSPS) is 15.8. The van der Waals surface area contributed by atoms with Gasteiger partial charge in [-0.25, -0.2) is 0 Å². The molecule has 0 radical (unpaired) electrons. The zero-order valence-electron chi connectivity index (χ0n) is 20.5. The number of benzene rings is 5. The molecule has 37 heavy (non-hydrogen) atoms. The Labute approximate surface area is 217 Å². The summed E-state index contributed by atoms with van der Waals surface area (Å²) >= 11 is 0. The summed E-state index contributed by atoms with van der Waals surface area (Å²) < 4.78 is 0. The lowest BCUT2D eigenvalue weighted by Crippen LogP contribution is -2.75. The van der Waals surface area contributed by atoms with E-state index in [1.165, 1.54) is 43.2 Å². The minimum atomic E-state index is -2.54. The van der Waals surface area contributed by atoms with Gasteiger partial charge in [0, 0.05) is 36.2 Å². The Morgan fingerprint density at radius 1 is 0.595 bits per heavy atom. The molecule has 3 aliphatic rings. The topological polar surface area (TPSA) is 23.6 Å². The molecule has 0 saturated carbocycles. The molecule has 0 aliphatic carbocycles. The first-order valence-corrected chi connectivity index (χ1v) is 14.8. The molecule has 0 unspecified atom stereocenters. The SMILES string of the molecule is CN1Cc2ccc(N3c4ccccc4[Si]4(c5ccccc5-c5ccccc54)c4ccccc43)cc2C1=O. The smallest absolute Gasteiger partial charge is 0.254 e. The highest BCUT2D eigenvalue weighted by atomic mass is 28.3. The van der Waals surface area contributed by atoms with Crippen LogP contribution in [0.5, 0.6) is 0 Å². The minimum absolute atomic E-state index is 0.0972. The second-order valence-electron chi connectivity index (χ2n) is 10.2. The first-order valence-electron chi connectivity index (χ1n) is 12.8. The maximum absolute atomic E-state index is 12.9. The van der Waals surface area contributed by atoms with Crippen molar-refractivity contribution in [3.05, 3.63) is 126 Å². The third-order valence-electron chi connectivity index (χ3n) is 8.39. The van der Waals surface area contributed by atoms with E-state index in [-0.39, 0.29) is 5.91 Å². The van der Waals surface area contributed by atoms with Gasteiger partial charge >= 0.3 is 0 Å². The van der Waals surface area contributed by atoms with E-state index >= 15 is 0 Å². The molecule has 0 atom stereocenters. The van der Waals surface area contributed by atoms with Crippen LogP contribution in [0.1, 0.15) is 15.9 Å². The van der Waals surface area contributed by atoms with Crippen molar-refractivity contribution in [2.24, 2.45) is 0 Å². The molecule has 0 bridgehead atoms. The number of carbonyl (C=O) groups is 1. The monoisotopic (exact) mass is 492 g/mol. The molecule has 3 aliphatic heterocycles. The lowest BCUT2D eigenvalue weighted by molar-refractivity contribution is 0.0816. The zero-order chi connectivity index (χ0) is 24.7. The molecule has 3 heterocycles. The van der Waals surface area contributed by atoms with Crippen molar-refractivity contribution < 1.29 is 4.79 Å². The number of para-hydroxylation sites is 2. The summed E-state index contributed by atoms with van der Waals surface area (Å²) in [4.78, 5) is 17.1. The Hall–Kier alpha value is -4.41. The maximum Gasteiger partial charge on any atom is 0.254 e. The molecule has 8 rings (SSSR count). The summed E-state index contributed by atoms with van der Waals surface area (Å²) in [5.41, 5.74) is 8.06. The van der Waals surface area contributed by atoms with Crippen LogP contribution in [-0.2, 0) is 6.54 Å². The molecule has 4 heteroatoms. The van der Waals surface area contributed by atoms with E-state index in [1.807, 2.05) is 7.05 Å². The minimum Gasteiger partial charge on any atom is -0.337 e. The molecule has 1 amide bonds. The molecule has 0 N–H and O–H groups in total. The molecule has 5 aromatic carbocycles. The van der Waals surface area contributed by atoms with Crippen LogP contribution < -0.4 is 25.6 Å². The highest BCUT2D eigenvalue weighted by molar-refractivity contribution is 7.23. The van der Waals surface area contributed by atoms with Crippen molar-refractivity contribution in [1.82, 2.24) is 4.90 Å². The molecule has 1 spiro atoms. The van der Waals surface area contributed by atoms with Crippen molar-refractivity contribution in [3.63, 3.8) is 0 Å². The number of nitrogens with zero attached hydrogens (tertiary/aromatic N) is 2. The van der Waals surface area contributed by atoms with Crippen LogP contribution in [0.3, 0.4) is 0 Å². The van der Waals surface area contributed by atoms with Crippen molar-refractivity contribution in [3.8, 4) is 11.1 Å². The predicted octanol–water partition coefficient (Wildman–Crippen LogP) is 4.41. The Morgan fingerprint density at radius 2 is 1.11 bits per heavy atom. The van der Waals surface area contributed by atoms with Gasteiger partial charge in [0.2, 0.25) is 0 Å². The average Bonchev–Trinajstić information content (AvgIpc) is 3.40. The van der Waals surface area contributed by atoms with E-state index < -0.39 is 8.07 Å². The first-order chi connectivity index (χ1) is 18.2. The molecule has 3 nitrogen and oxygen atoms in total. The standard InChI is InChI=1S/C33H24N2OSi/c1-34-21-22-18-19-23(20-26(22)33(34)36)35-27-12-4-8-16-31(27)37(32-17-9-5-13-28(32)35)29-14-6-2-10-24(29)25-11-3-7-15-30(25)37/h2-20H,21H2,1H3. The summed E-state index contributed by atoms with van der Waals surface area (Å²) in [6, 6.07) is 42.2. The summed E-state index contributed by atoms with van der Waals surface area (Å²) in [5.74, 6) is 0.0972. The van der Waals surface area contributed by atoms with Crippen molar-refractivity contribution in [2.45, 2.75) is 6.54 Å². The Morgan fingerprint density at radius 3 is 1.70 bits per heavy atom. The fourth-order valence-electron chi connectivity index (χ4n) is 6.91. The van der Waals surface area contributed by atoms with Gasteiger partial charge in [-0.1, -0.05) is 91.0 Å². The Balaban J connectivity index is 1.47. The van der Waals surface area contributed by atoms with Crippen LogP contribution in [-0.4, -0.2) is 25.9 Å². The number of fused-ring (bicyclic) bond motifs is 10. The van der Waals surface area contributed by atoms with Gasteiger partial charge < -0.3 is 9.80 Å². The van der Waals surface area contributed by atoms with Crippen LogP contribution >= 0.6 is 0 Å². The lowest BCUT2D eigenvalue weighted by Gasteiger charge is -2.43. The highest BCUT2D eigenvalue weighted by Crippen LogP contribution is 2.42. The van der Waals surface area contributed by atoms with Gasteiger partial charge in [0.1, 0.15) is 0 Å². The van der Waals surface area contributed by atoms with Crippen LogP contribution in [0.4, 0.5) is 17.1 Å². The summed E-state index contributed by atoms with van der Waals surface area (Å²) in [5, 5.41) is 5.72. The van der Waals surface area contributed by atoms with Gasteiger partial charge in [-0.05, 0) is 61.7 Å². The van der Waals surface area contributed by atoms with Crippen LogP contribution in [0.25, 0.3) is 11.1 Å². The number of amides is 1. The number of hydrogen-bond donors (Lipinski definition) is 0. The van der Waals surface area contributed by atoms with E-state index in [9.17, 15) is 4.79 Å². The van der Waals surface area contributed by atoms with Crippen molar-refractivity contribution >= 4 is 51.8 Å². The maximum atomic E-state index is 12.9. The molecular formula is C33H24N2OSi. The fourth-order valence-corrected chi connectivity index (χ4v) is 12.4. The Kier molecular flexibility index (Phi) is 4.10. The summed E-state index contributed by atoms with van der Waals surface area (Å²) in [6.45, 7) is 0.672. The van der Waals surface area contributed by atoms with E-state index in [2.05, 4.69) is 120 Å². The van der Waals surface area contributed by atoms with Crippen LogP contribution in [0.15, 0.2) is 115 Å². The number of anilines is 3. The van der Waals surface area contributed by atoms with Crippen LogP contribution in [0, 0.1) is 0 Å². The highest BCUT2D eigenvalue weighted by Gasteiger charge is 2.53. The van der Waals surface area contributed by atoms with Crippen molar-refractivity contribution in [1.29, 1.82) is 0 Å². The number of rotatable bonds is 1. The lowest BCUT2D eigenvalue weighted by atomic mass is 10.1. The van der Waals surface area contributed by atoms with E-state index in [4.69, 9.17) is 0 Å². The van der Waals surface area contributed by atoms with Gasteiger partial charge in [0.05, 0.1) is 0 Å². The zero-order valence-corrected chi connectivity index (χ0v) is 21.5. The quantitative estimate of drug-likeness (QED) is 0.317. The number of hydrogen-bond acceptors (Lipinski definition) is 2. The largest absolute Gasteiger partial charge is 0.337 e. The number of carbonyl (C=O) groups excluding carboxylic acids is 1. The van der Waals surface area contributed by atoms with E-state index in [0.717, 1.165) is 16.8 Å². The first kappa shape index (κ1) is 20.7. The third kappa shape index (κ3) is 2.53. The molecule has 0 fully saturated rings. The fraction of sp³-hybridized carbons (Fsp3) is 0.0606. The molecule has 176 valence electrons. The van der Waals surface area contributed by atoms with Crippen LogP contribution in [0.2, 0.25) is 0 Å². The Bertz CT molecular complexity index is 1680. The van der Waals surface area contributed by atoms with Crippen molar-refractivity contribution in [2.75, 3.05) is 11.9 Å². The van der Waals surface area contributed by atoms with Gasteiger partial charge in [0.25, 0.3) is 5.91 Å². The predicted molar refractivity (Wildman–Crippen MR) is 153 cm³/mol. The van der Waals surface area contributed by atoms with Gasteiger partial charge in [-0.3, -0.25) is 4.79 Å². The van der Waals surface area contributed by atoms with E-state index in [0.29, 0.717) is 6.54 Å². The molecule has 0 saturated heterocycles. The average molecular weight is 493 g/mol. The summed E-state index contributed by atoms with van der Waals surface area (Å²) in [6.07, 6.45) is 0. The second-order valence-corrected chi connectivity index (χ2v) is 13.9. The van der Waals surface area contributed by atoms with Gasteiger partial charge in [0.15, 0.2) is 8.07 Å². The third-order valence-corrected chi connectivity index (χ3v) is 13.3. The molecule has 0 aromatic heterocycles. The molecule has 5 aromatic rings. The summed E-state index contributed by atoms with van der Waals surface area (Å²) in [7, 11) is -0.666. The van der Waals surface area contributed by atoms with E-state index in [1.54, 1.807) is 4.90 Å². The van der Waals surface area contributed by atoms with Gasteiger partial charge in [-0.2, -0.15) is 0 Å². The van der Waals surface area contributed by atoms with Gasteiger partial charge in [-0.15, -0.1) is 0 Å². The second kappa shape index (κ2) is 7.31.